The van der Waals surface area contributed by atoms with E-state index >= 15 is 0 Å². The van der Waals surface area contributed by atoms with E-state index < -0.39 is 0 Å². The van der Waals surface area contributed by atoms with Crippen LogP contribution in [0.25, 0.3) is 76.5 Å². The van der Waals surface area contributed by atoms with E-state index in [0.717, 1.165) is 17.1 Å². The average Bonchev–Trinajstić information content (AvgIpc) is 3.24. The van der Waals surface area contributed by atoms with Crippen LogP contribution in [0.4, 0.5) is 17.1 Å². The van der Waals surface area contributed by atoms with E-state index in [1.807, 2.05) is 0 Å². The highest BCUT2D eigenvalue weighted by Gasteiger charge is 2.23. The van der Waals surface area contributed by atoms with Gasteiger partial charge in [-0.15, -0.1) is 0 Å². The maximum absolute atomic E-state index is 2.43. The number of hydrogen-bond donors (Lipinski definition) is 0. The summed E-state index contributed by atoms with van der Waals surface area (Å²) in [4.78, 5) is 2.43. The molecule has 55 heavy (non-hydrogen) atoms. The smallest absolute Gasteiger partial charge is 0.0468 e. The second-order valence-corrected chi connectivity index (χ2v) is 14.7. The molecule has 10 rings (SSSR count). The SMILES string of the molecule is Cc1cc(C)cc(N(c2ccc3ccccc3c2)c2ccc3c(c2)c2ccccc2c2c(-c4ccccc4)cc(-c4ccccc4)c(-c4ccccc4)c32)c1. The van der Waals surface area contributed by atoms with Crippen molar-refractivity contribution in [3.8, 4) is 33.4 Å². The van der Waals surface area contributed by atoms with E-state index in [0.29, 0.717) is 0 Å². The molecule has 260 valence electrons. The molecule has 0 aromatic heterocycles. The molecule has 0 spiro atoms. The third-order valence-electron chi connectivity index (χ3n) is 11.0. The van der Waals surface area contributed by atoms with Crippen LogP contribution >= 0.6 is 0 Å². The number of nitrogens with zero attached hydrogens (tertiary/aromatic N) is 1. The number of fused-ring (bicyclic) bond motifs is 7. The van der Waals surface area contributed by atoms with Crippen LogP contribution in [0.15, 0.2) is 200 Å². The van der Waals surface area contributed by atoms with E-state index in [-0.39, 0.29) is 0 Å². The summed E-state index contributed by atoms with van der Waals surface area (Å²) in [5, 5.41) is 9.98. The Bertz CT molecular complexity index is 3020. The molecule has 10 aromatic carbocycles. The molecule has 1 nitrogen and oxygen atoms in total. The highest BCUT2D eigenvalue weighted by atomic mass is 15.1. The largest absolute Gasteiger partial charge is 0.310 e. The van der Waals surface area contributed by atoms with Crippen LogP contribution in [0.1, 0.15) is 11.1 Å². The third kappa shape index (κ3) is 5.73. The van der Waals surface area contributed by atoms with Crippen molar-refractivity contribution in [2.24, 2.45) is 0 Å². The van der Waals surface area contributed by atoms with Gasteiger partial charge in [0.2, 0.25) is 0 Å². The minimum atomic E-state index is 1.13. The van der Waals surface area contributed by atoms with Crippen molar-refractivity contribution in [2.45, 2.75) is 13.8 Å². The molecule has 1 heteroatoms. The summed E-state index contributed by atoms with van der Waals surface area (Å²) < 4.78 is 0. The molecule has 0 aliphatic heterocycles. The van der Waals surface area contributed by atoms with E-state index in [1.165, 1.54) is 87.6 Å². The zero-order valence-electron chi connectivity index (χ0n) is 31.0. The zero-order chi connectivity index (χ0) is 36.9. The van der Waals surface area contributed by atoms with Crippen LogP contribution in [0.2, 0.25) is 0 Å². The molecule has 10 aromatic rings. The lowest BCUT2D eigenvalue weighted by atomic mass is 9.81. The lowest BCUT2D eigenvalue weighted by Gasteiger charge is -2.28. The number of benzene rings is 10. The number of aryl methyl sites for hydroxylation is 2. The van der Waals surface area contributed by atoms with Gasteiger partial charge in [0, 0.05) is 17.1 Å². The first-order valence-corrected chi connectivity index (χ1v) is 19.1. The van der Waals surface area contributed by atoms with Crippen molar-refractivity contribution in [1.82, 2.24) is 0 Å². The molecule has 0 atom stereocenters. The standard InChI is InChI=1S/C54H39N/c1-36-30-37(2)32-45(31-36)55(43-27-26-38-16-12-13-23-42(38)33-43)44-28-29-48-51(34-44)46-24-14-15-25-47(46)53-50(40-19-8-4-9-20-40)35-49(39-17-6-3-7-18-39)52(54(48)53)41-21-10-5-11-22-41/h3-35H,1-2H3. The van der Waals surface area contributed by atoms with E-state index in [4.69, 9.17) is 0 Å². The van der Waals surface area contributed by atoms with Crippen molar-refractivity contribution >= 4 is 60.2 Å². The fraction of sp³-hybridized carbons (Fsp3) is 0.0370. The van der Waals surface area contributed by atoms with Crippen molar-refractivity contribution in [1.29, 1.82) is 0 Å². The van der Waals surface area contributed by atoms with Crippen molar-refractivity contribution in [2.75, 3.05) is 4.90 Å². The first kappa shape index (κ1) is 32.7. The quantitative estimate of drug-likeness (QED) is 0.156. The summed E-state index contributed by atoms with van der Waals surface area (Å²) in [5.74, 6) is 0. The van der Waals surface area contributed by atoms with Crippen LogP contribution in [0.5, 0.6) is 0 Å². The normalized spacial score (nSPS) is 11.5. The van der Waals surface area contributed by atoms with Crippen LogP contribution in [0.3, 0.4) is 0 Å². The maximum Gasteiger partial charge on any atom is 0.0468 e. The molecule has 0 unspecified atom stereocenters. The van der Waals surface area contributed by atoms with Gasteiger partial charge in [0.25, 0.3) is 0 Å². The van der Waals surface area contributed by atoms with Gasteiger partial charge in [-0.05, 0) is 144 Å². The summed E-state index contributed by atoms with van der Waals surface area (Å²) in [7, 11) is 0. The predicted octanol–water partition coefficient (Wildman–Crippen LogP) is 15.4. The lowest BCUT2D eigenvalue weighted by molar-refractivity contribution is 1.26. The van der Waals surface area contributed by atoms with Crippen LogP contribution < -0.4 is 4.90 Å². The van der Waals surface area contributed by atoms with Crippen LogP contribution in [-0.2, 0) is 0 Å². The zero-order valence-corrected chi connectivity index (χ0v) is 31.0. The Morgan fingerprint density at radius 2 is 0.836 bits per heavy atom. The summed E-state index contributed by atoms with van der Waals surface area (Å²) >= 11 is 0. The summed E-state index contributed by atoms with van der Waals surface area (Å²) in [5.41, 5.74) is 13.2. The first-order chi connectivity index (χ1) is 27.1. The van der Waals surface area contributed by atoms with Crippen molar-refractivity contribution < 1.29 is 0 Å². The fourth-order valence-corrected chi connectivity index (χ4v) is 8.72. The van der Waals surface area contributed by atoms with Gasteiger partial charge in [0.05, 0.1) is 0 Å². The summed E-state index contributed by atoms with van der Waals surface area (Å²) in [6.45, 7) is 4.38. The van der Waals surface area contributed by atoms with E-state index in [9.17, 15) is 0 Å². The van der Waals surface area contributed by atoms with Gasteiger partial charge >= 0.3 is 0 Å². The Labute approximate surface area is 322 Å². The second-order valence-electron chi connectivity index (χ2n) is 14.7. The molecule has 0 saturated carbocycles. The van der Waals surface area contributed by atoms with Crippen molar-refractivity contribution in [3.63, 3.8) is 0 Å². The predicted molar refractivity (Wildman–Crippen MR) is 237 cm³/mol. The van der Waals surface area contributed by atoms with E-state index in [1.54, 1.807) is 0 Å². The molecule has 0 aliphatic carbocycles. The van der Waals surface area contributed by atoms with Crippen LogP contribution in [0, 0.1) is 13.8 Å². The van der Waals surface area contributed by atoms with Gasteiger partial charge in [-0.1, -0.05) is 158 Å². The maximum atomic E-state index is 2.43. The van der Waals surface area contributed by atoms with Gasteiger partial charge in [-0.2, -0.15) is 0 Å². The van der Waals surface area contributed by atoms with Gasteiger partial charge in [0.15, 0.2) is 0 Å². The van der Waals surface area contributed by atoms with Crippen LogP contribution in [-0.4, -0.2) is 0 Å². The first-order valence-electron chi connectivity index (χ1n) is 19.1. The van der Waals surface area contributed by atoms with E-state index in [2.05, 4.69) is 219 Å². The second kappa shape index (κ2) is 13.5. The molecule has 0 fully saturated rings. The molecule has 0 N–H and O–H groups in total. The minimum Gasteiger partial charge on any atom is -0.310 e. The molecule has 0 saturated heterocycles. The Morgan fingerprint density at radius 1 is 0.309 bits per heavy atom. The van der Waals surface area contributed by atoms with Crippen molar-refractivity contribution in [3.05, 3.63) is 211 Å². The van der Waals surface area contributed by atoms with Gasteiger partial charge in [0.1, 0.15) is 0 Å². The molecule has 0 amide bonds. The Morgan fingerprint density at radius 3 is 1.53 bits per heavy atom. The summed E-state index contributed by atoms with van der Waals surface area (Å²) in [6, 6.07) is 73.6. The molecule has 0 aliphatic rings. The summed E-state index contributed by atoms with van der Waals surface area (Å²) in [6.07, 6.45) is 0. The number of hydrogen-bond acceptors (Lipinski definition) is 1. The minimum absolute atomic E-state index is 1.13. The van der Waals surface area contributed by atoms with Gasteiger partial charge in [-0.25, -0.2) is 0 Å². The molecule has 0 bridgehead atoms. The van der Waals surface area contributed by atoms with Gasteiger partial charge in [-0.3, -0.25) is 0 Å². The molecule has 0 radical (unpaired) electrons. The number of rotatable bonds is 6. The molecular weight excluding hydrogens is 663 g/mol. The average molecular weight is 702 g/mol. The topological polar surface area (TPSA) is 3.24 Å². The Balaban J connectivity index is 1.36. The third-order valence-corrected chi connectivity index (χ3v) is 11.0. The highest BCUT2D eigenvalue weighted by Crippen LogP contribution is 2.50. The number of anilines is 3. The Kier molecular flexibility index (Phi) is 8.00. The molecule has 0 heterocycles. The molecular formula is C54H39N. The monoisotopic (exact) mass is 701 g/mol. The highest BCUT2D eigenvalue weighted by molar-refractivity contribution is 6.33. The lowest BCUT2D eigenvalue weighted by Crippen LogP contribution is -2.10. The fourth-order valence-electron chi connectivity index (χ4n) is 8.72. The van der Waals surface area contributed by atoms with Gasteiger partial charge < -0.3 is 4.90 Å². The Hall–Kier alpha value is -6.96.